The van der Waals surface area contributed by atoms with Crippen LogP contribution in [0.25, 0.3) is 0 Å². The first-order valence-corrected chi connectivity index (χ1v) is 4.02. The minimum Gasteiger partial charge on any atom is -0.496 e. The number of carbonyl (C=O) groups excluding carboxylic acids is 1. The topological polar surface area (TPSA) is 52.3 Å². The summed E-state index contributed by atoms with van der Waals surface area (Å²) >= 11 is 0. The Balaban J connectivity index is 2.98. The lowest BCUT2D eigenvalue weighted by atomic mass is 10.1. The highest BCUT2D eigenvalue weighted by Crippen LogP contribution is 2.19. The van der Waals surface area contributed by atoms with Gasteiger partial charge in [0.25, 0.3) is 0 Å². The average Bonchev–Trinajstić information content (AvgIpc) is 2.18. The molecular formula is C10H12NO2. The molecule has 1 aromatic rings. The normalized spacial score (nSPS) is 9.69. The van der Waals surface area contributed by atoms with Crippen LogP contribution < -0.4 is 10.5 Å². The quantitative estimate of drug-likeness (QED) is 0.742. The summed E-state index contributed by atoms with van der Waals surface area (Å²) < 4.78 is 5.11. The predicted molar refractivity (Wildman–Crippen MR) is 50.3 cm³/mol. The van der Waals surface area contributed by atoms with Gasteiger partial charge in [0.05, 0.1) is 7.11 Å². The number of benzene rings is 1. The molecule has 69 valence electrons. The number of rotatable bonds is 4. The summed E-state index contributed by atoms with van der Waals surface area (Å²) in [7, 11) is 1.59. The fourth-order valence-electron chi connectivity index (χ4n) is 1.15. The minimum atomic E-state index is 0.293. The maximum absolute atomic E-state index is 10.1. The third kappa shape index (κ3) is 2.29. The first-order chi connectivity index (χ1) is 6.31. The van der Waals surface area contributed by atoms with Gasteiger partial charge in [-0.1, -0.05) is 12.1 Å². The molecule has 0 heterocycles. The lowest BCUT2D eigenvalue weighted by Crippen LogP contribution is -2.00. The van der Waals surface area contributed by atoms with Crippen LogP contribution in [0.1, 0.15) is 11.1 Å². The molecule has 0 aliphatic carbocycles. The van der Waals surface area contributed by atoms with Crippen LogP contribution in [0.15, 0.2) is 18.2 Å². The van der Waals surface area contributed by atoms with Gasteiger partial charge in [-0.05, 0) is 11.6 Å². The highest BCUT2D eigenvalue weighted by molar-refractivity contribution is 5.56. The molecule has 0 fully saturated rings. The molecule has 0 aromatic heterocycles. The van der Waals surface area contributed by atoms with E-state index in [9.17, 15) is 4.79 Å². The first kappa shape index (κ1) is 9.74. The highest BCUT2D eigenvalue weighted by atomic mass is 16.5. The number of ether oxygens (including phenoxy) is 1. The van der Waals surface area contributed by atoms with Crippen molar-refractivity contribution in [2.24, 2.45) is 5.73 Å². The minimum absolute atomic E-state index is 0.293. The highest BCUT2D eigenvalue weighted by Gasteiger charge is 2.02. The molecule has 1 radical (unpaired) electrons. The molecule has 2 N–H and O–H groups in total. The van der Waals surface area contributed by atoms with E-state index in [0.717, 1.165) is 16.9 Å². The summed E-state index contributed by atoms with van der Waals surface area (Å²) in [5.74, 6) is 0.732. The summed E-state index contributed by atoms with van der Waals surface area (Å²) in [5, 5.41) is 0. The van der Waals surface area contributed by atoms with Crippen molar-refractivity contribution in [2.75, 3.05) is 7.11 Å². The molecule has 1 aromatic carbocycles. The van der Waals surface area contributed by atoms with Gasteiger partial charge in [0, 0.05) is 18.5 Å². The van der Waals surface area contributed by atoms with Gasteiger partial charge in [0.2, 0.25) is 6.29 Å². The SMILES string of the molecule is COc1cc(C[C]=O)ccc1CN. The summed E-state index contributed by atoms with van der Waals surface area (Å²) in [5.41, 5.74) is 7.33. The Morgan fingerprint density at radius 2 is 2.31 bits per heavy atom. The standard InChI is InChI=1S/C10H12NO2/c1-13-10-6-8(4-5-12)2-3-9(10)7-11/h2-3,6H,4,7,11H2,1H3. The maximum Gasteiger partial charge on any atom is 0.203 e. The fraction of sp³-hybridized carbons (Fsp3) is 0.300. The molecule has 0 saturated carbocycles. The van der Waals surface area contributed by atoms with E-state index in [1.54, 1.807) is 7.11 Å². The molecule has 0 amide bonds. The molecule has 0 aliphatic heterocycles. The van der Waals surface area contributed by atoms with E-state index < -0.39 is 0 Å². The molecule has 0 spiro atoms. The second-order valence-electron chi connectivity index (χ2n) is 2.67. The molecule has 0 saturated heterocycles. The van der Waals surface area contributed by atoms with Crippen molar-refractivity contribution in [1.82, 2.24) is 0 Å². The first-order valence-electron chi connectivity index (χ1n) is 4.02. The molecule has 1 rings (SSSR count). The molecule has 0 bridgehead atoms. The van der Waals surface area contributed by atoms with Gasteiger partial charge >= 0.3 is 0 Å². The van der Waals surface area contributed by atoms with Crippen LogP contribution in [0.2, 0.25) is 0 Å². The third-order valence-electron chi connectivity index (χ3n) is 1.85. The molecule has 0 unspecified atom stereocenters. The fourth-order valence-corrected chi connectivity index (χ4v) is 1.15. The van der Waals surface area contributed by atoms with E-state index in [2.05, 4.69) is 0 Å². The average molecular weight is 178 g/mol. The van der Waals surface area contributed by atoms with E-state index in [-0.39, 0.29) is 0 Å². The summed E-state index contributed by atoms with van der Waals surface area (Å²) in [6, 6.07) is 5.54. The molecule has 13 heavy (non-hydrogen) atoms. The number of hydrogen-bond donors (Lipinski definition) is 1. The van der Waals surface area contributed by atoms with Crippen LogP contribution in [-0.4, -0.2) is 13.4 Å². The van der Waals surface area contributed by atoms with Crippen molar-refractivity contribution in [3.8, 4) is 5.75 Å². The van der Waals surface area contributed by atoms with Gasteiger partial charge in [-0.15, -0.1) is 0 Å². The molecule has 3 heteroatoms. The van der Waals surface area contributed by atoms with E-state index in [1.165, 1.54) is 0 Å². The van der Waals surface area contributed by atoms with E-state index in [4.69, 9.17) is 10.5 Å². The maximum atomic E-state index is 10.1. The molecule has 0 aliphatic rings. The van der Waals surface area contributed by atoms with Crippen molar-refractivity contribution in [1.29, 1.82) is 0 Å². The zero-order valence-electron chi connectivity index (χ0n) is 7.54. The molecule has 0 atom stereocenters. The van der Waals surface area contributed by atoms with Gasteiger partial charge in [0.1, 0.15) is 5.75 Å². The van der Waals surface area contributed by atoms with Gasteiger partial charge in [0.15, 0.2) is 0 Å². The van der Waals surface area contributed by atoms with E-state index in [1.807, 2.05) is 24.5 Å². The van der Waals surface area contributed by atoms with Crippen LogP contribution in [0.3, 0.4) is 0 Å². The van der Waals surface area contributed by atoms with Crippen LogP contribution in [-0.2, 0) is 17.8 Å². The number of hydrogen-bond acceptors (Lipinski definition) is 3. The van der Waals surface area contributed by atoms with Gasteiger partial charge in [-0.25, -0.2) is 0 Å². The Kier molecular flexibility index (Phi) is 3.46. The van der Waals surface area contributed by atoms with E-state index in [0.29, 0.717) is 13.0 Å². The second-order valence-corrected chi connectivity index (χ2v) is 2.67. The van der Waals surface area contributed by atoms with Gasteiger partial charge in [-0.2, -0.15) is 0 Å². The predicted octanol–water partition coefficient (Wildman–Crippen LogP) is 0.806. The zero-order chi connectivity index (χ0) is 9.68. The van der Waals surface area contributed by atoms with Crippen LogP contribution in [0, 0.1) is 0 Å². The number of methoxy groups -OCH3 is 1. The monoisotopic (exact) mass is 178 g/mol. The number of nitrogens with two attached hydrogens (primary N) is 1. The Bertz CT molecular complexity index is 297. The largest absolute Gasteiger partial charge is 0.496 e. The van der Waals surface area contributed by atoms with Crippen LogP contribution in [0.5, 0.6) is 5.75 Å². The smallest absolute Gasteiger partial charge is 0.203 e. The summed E-state index contributed by atoms with van der Waals surface area (Å²) in [6.07, 6.45) is 2.13. The molecule has 3 nitrogen and oxygen atoms in total. The van der Waals surface area contributed by atoms with Gasteiger partial charge < -0.3 is 10.5 Å². The zero-order valence-corrected chi connectivity index (χ0v) is 7.54. The Morgan fingerprint density at radius 1 is 1.54 bits per heavy atom. The van der Waals surface area contributed by atoms with Crippen molar-refractivity contribution < 1.29 is 9.53 Å². The van der Waals surface area contributed by atoms with Crippen molar-refractivity contribution >= 4 is 6.29 Å². The van der Waals surface area contributed by atoms with Crippen LogP contribution >= 0.6 is 0 Å². The lowest BCUT2D eigenvalue weighted by molar-refractivity contribution is 0.409. The Labute approximate surface area is 77.5 Å². The van der Waals surface area contributed by atoms with Crippen molar-refractivity contribution in [2.45, 2.75) is 13.0 Å². The third-order valence-corrected chi connectivity index (χ3v) is 1.85. The molecular weight excluding hydrogens is 166 g/mol. The van der Waals surface area contributed by atoms with Crippen molar-refractivity contribution in [3.63, 3.8) is 0 Å². The van der Waals surface area contributed by atoms with Gasteiger partial charge in [-0.3, -0.25) is 4.79 Å². The Morgan fingerprint density at radius 3 is 2.85 bits per heavy atom. The van der Waals surface area contributed by atoms with Crippen molar-refractivity contribution in [3.05, 3.63) is 29.3 Å². The second kappa shape index (κ2) is 4.62. The summed E-state index contributed by atoms with van der Waals surface area (Å²) in [6.45, 7) is 0.439. The Hall–Kier alpha value is -1.35. The van der Waals surface area contributed by atoms with Crippen LogP contribution in [0.4, 0.5) is 0 Å². The van der Waals surface area contributed by atoms with E-state index >= 15 is 0 Å². The lowest BCUT2D eigenvalue weighted by Gasteiger charge is -2.07. The summed E-state index contributed by atoms with van der Waals surface area (Å²) in [4.78, 5) is 10.1.